The van der Waals surface area contributed by atoms with Crippen LogP contribution in [0.2, 0.25) is 0 Å². The van der Waals surface area contributed by atoms with Crippen LogP contribution in [-0.2, 0) is 14.4 Å². The molecule has 0 spiro atoms. The van der Waals surface area contributed by atoms with Crippen LogP contribution < -0.4 is 26.0 Å². The zero-order valence-electron chi connectivity index (χ0n) is 22.2. The van der Waals surface area contributed by atoms with Gasteiger partial charge < -0.3 is 36.0 Å². The number of hydrogen-bond acceptors (Lipinski definition) is 7. The normalized spacial score (nSPS) is 23.5. The molecule has 0 bridgehead atoms. The van der Waals surface area contributed by atoms with Crippen LogP contribution in [0.25, 0.3) is 0 Å². The zero-order chi connectivity index (χ0) is 27.3. The molecule has 0 saturated carbocycles. The Morgan fingerprint density at radius 2 is 1.84 bits per heavy atom. The average Bonchev–Trinajstić information content (AvgIpc) is 3.17. The summed E-state index contributed by atoms with van der Waals surface area (Å²) in [6, 6.07) is 4.63. The molecule has 2 heterocycles. The van der Waals surface area contributed by atoms with Crippen LogP contribution in [0, 0.1) is 0 Å². The number of rotatable bonds is 5. The Kier molecular flexibility index (Phi) is 11.8. The predicted molar refractivity (Wildman–Crippen MR) is 142 cm³/mol. The summed E-state index contributed by atoms with van der Waals surface area (Å²) in [5.41, 5.74) is 0.282. The predicted octanol–water partition coefficient (Wildman–Crippen LogP) is 0.322. The van der Waals surface area contributed by atoms with Crippen LogP contribution in [-0.4, -0.2) is 91.2 Å². The van der Waals surface area contributed by atoms with E-state index in [2.05, 4.69) is 26.2 Å². The number of para-hydroxylation sites is 1. The second kappa shape index (κ2) is 15.3. The lowest BCUT2D eigenvalue weighted by Crippen LogP contribution is -2.53. The van der Waals surface area contributed by atoms with Gasteiger partial charge in [-0.15, -0.1) is 0 Å². The molecule has 2 aliphatic rings. The van der Waals surface area contributed by atoms with Crippen LogP contribution in [0.1, 0.15) is 62.2 Å². The van der Waals surface area contributed by atoms with E-state index in [-0.39, 0.29) is 37.5 Å². The topological polar surface area (TPSA) is 149 Å². The van der Waals surface area contributed by atoms with Crippen molar-refractivity contribution in [3.63, 3.8) is 0 Å². The molecule has 0 radical (unpaired) electrons. The number of carbonyl (C=O) groups is 4. The third kappa shape index (κ3) is 9.29. The summed E-state index contributed by atoms with van der Waals surface area (Å²) < 4.78 is 5.79. The maximum absolute atomic E-state index is 13.2. The summed E-state index contributed by atoms with van der Waals surface area (Å²) in [5.74, 6) is -1.50. The third-order valence-corrected chi connectivity index (χ3v) is 6.80. The summed E-state index contributed by atoms with van der Waals surface area (Å²) >= 11 is 0. The molecule has 11 nitrogen and oxygen atoms in total. The van der Waals surface area contributed by atoms with Crippen molar-refractivity contribution in [1.82, 2.24) is 26.2 Å². The maximum Gasteiger partial charge on any atom is 0.255 e. The molecule has 2 aliphatic heterocycles. The highest BCUT2D eigenvalue weighted by atomic mass is 16.5. The minimum Gasteiger partial charge on any atom is -0.493 e. The quantitative estimate of drug-likeness (QED) is 0.367. The second-order valence-corrected chi connectivity index (χ2v) is 9.89. The van der Waals surface area contributed by atoms with Gasteiger partial charge in [-0.1, -0.05) is 25.0 Å². The number of benzene rings is 1. The van der Waals surface area contributed by atoms with E-state index in [4.69, 9.17) is 4.74 Å². The highest BCUT2D eigenvalue weighted by molar-refractivity contribution is 5.99. The number of hydrogen-bond donors (Lipinski definition) is 5. The molecular formula is C27H41N5O6. The monoisotopic (exact) mass is 531 g/mol. The molecule has 1 aromatic rings. The molecular weight excluding hydrogens is 490 g/mol. The number of fused-ring (bicyclic) bond motifs is 1. The van der Waals surface area contributed by atoms with Gasteiger partial charge in [0.2, 0.25) is 17.7 Å². The lowest BCUT2D eigenvalue weighted by Gasteiger charge is -2.24. The van der Waals surface area contributed by atoms with Gasteiger partial charge >= 0.3 is 0 Å². The fraction of sp³-hybridized carbons (Fsp3) is 0.630. The first-order valence-corrected chi connectivity index (χ1v) is 13.6. The Morgan fingerprint density at radius 3 is 2.58 bits per heavy atom. The molecule has 11 heteroatoms. The number of nitrogens with zero attached hydrogens (tertiary/aromatic N) is 1. The molecule has 210 valence electrons. The number of amides is 4. The van der Waals surface area contributed by atoms with Crippen LogP contribution in [0.4, 0.5) is 0 Å². The van der Waals surface area contributed by atoms with Crippen LogP contribution in [0.15, 0.2) is 24.3 Å². The zero-order valence-corrected chi connectivity index (χ0v) is 22.2. The lowest BCUT2D eigenvalue weighted by atomic mass is 10.1. The number of ether oxygens (including phenoxy) is 1. The Balaban J connectivity index is 1.72. The molecule has 0 aromatic heterocycles. The van der Waals surface area contributed by atoms with Gasteiger partial charge in [-0.05, 0) is 57.8 Å². The smallest absolute Gasteiger partial charge is 0.255 e. The Morgan fingerprint density at radius 1 is 1.11 bits per heavy atom. The van der Waals surface area contributed by atoms with Gasteiger partial charge in [0.15, 0.2) is 0 Å². The largest absolute Gasteiger partial charge is 0.493 e. The van der Waals surface area contributed by atoms with Crippen LogP contribution in [0.3, 0.4) is 0 Å². The van der Waals surface area contributed by atoms with Crippen molar-refractivity contribution in [3.8, 4) is 5.75 Å². The average molecular weight is 532 g/mol. The van der Waals surface area contributed by atoms with Crippen molar-refractivity contribution >= 4 is 23.6 Å². The number of likely N-dealkylation sites (tertiary alicyclic amines) is 1. The van der Waals surface area contributed by atoms with Crippen molar-refractivity contribution in [1.29, 1.82) is 0 Å². The van der Waals surface area contributed by atoms with E-state index in [1.54, 1.807) is 24.3 Å². The molecule has 4 amide bonds. The number of aliphatic hydroxyl groups excluding tert-OH is 1. The Labute approximate surface area is 224 Å². The van der Waals surface area contributed by atoms with Gasteiger partial charge in [-0.3, -0.25) is 19.2 Å². The molecule has 0 aliphatic carbocycles. The van der Waals surface area contributed by atoms with Crippen molar-refractivity contribution in [3.05, 3.63) is 29.8 Å². The van der Waals surface area contributed by atoms with Gasteiger partial charge in [-0.2, -0.15) is 0 Å². The first-order chi connectivity index (χ1) is 18.3. The standard InChI is InChI=1S/C27H41N5O6/c1-19(33)24-27(37)28-13-8-18-38-22-10-5-4-9-20(22)25(35)30-21(11-12-23(34)31-24)26(36)29-14-17-32-15-6-2-3-7-16-32/h4-5,9-10,19,21,24,33H,2-3,6-8,11-18H2,1H3,(H,28,37)(H,29,36)(H,30,35)(H,31,34)/t19-,21+,24+/m1/s1. The number of aliphatic hydroxyl groups is 1. The minimum absolute atomic E-state index is 0.0181. The van der Waals surface area contributed by atoms with E-state index in [0.717, 1.165) is 32.5 Å². The van der Waals surface area contributed by atoms with Gasteiger partial charge in [-0.25, -0.2) is 0 Å². The molecule has 0 unspecified atom stereocenters. The highest BCUT2D eigenvalue weighted by Gasteiger charge is 2.28. The number of nitrogens with one attached hydrogen (secondary N) is 4. The molecule has 38 heavy (non-hydrogen) atoms. The summed E-state index contributed by atoms with van der Waals surface area (Å²) in [7, 11) is 0. The Bertz CT molecular complexity index is 948. The van der Waals surface area contributed by atoms with Crippen LogP contribution >= 0.6 is 0 Å². The highest BCUT2D eigenvalue weighted by Crippen LogP contribution is 2.19. The second-order valence-electron chi connectivity index (χ2n) is 9.89. The molecule has 1 aromatic carbocycles. The number of carbonyl (C=O) groups excluding carboxylic acids is 4. The summed E-state index contributed by atoms with van der Waals surface area (Å²) in [6.45, 7) is 5.08. The van der Waals surface area contributed by atoms with Gasteiger partial charge in [0, 0.05) is 26.1 Å². The van der Waals surface area contributed by atoms with Crippen molar-refractivity contribution in [2.45, 2.75) is 70.1 Å². The van der Waals surface area contributed by atoms with Gasteiger partial charge in [0.1, 0.15) is 17.8 Å². The lowest BCUT2D eigenvalue weighted by molar-refractivity contribution is -0.132. The SMILES string of the molecule is C[C@@H](O)[C@@H]1NC(=O)CC[C@@H](C(=O)NCCN2CCCCCC2)NC(=O)c2ccccc2OCCCNC1=O. The van der Waals surface area contributed by atoms with Crippen LogP contribution in [0.5, 0.6) is 5.75 Å². The third-order valence-electron chi connectivity index (χ3n) is 6.80. The first-order valence-electron chi connectivity index (χ1n) is 13.6. The molecule has 1 fully saturated rings. The minimum atomic E-state index is -1.13. The van der Waals surface area contributed by atoms with Crippen molar-refractivity contribution < 1.29 is 29.0 Å². The fourth-order valence-electron chi connectivity index (χ4n) is 4.61. The maximum atomic E-state index is 13.2. The first kappa shape index (κ1) is 29.4. The molecule has 3 rings (SSSR count). The van der Waals surface area contributed by atoms with E-state index >= 15 is 0 Å². The van der Waals surface area contributed by atoms with Crippen molar-refractivity contribution in [2.24, 2.45) is 0 Å². The molecule has 1 saturated heterocycles. The summed E-state index contributed by atoms with van der Waals surface area (Å²) in [6.07, 6.45) is 3.97. The van der Waals surface area contributed by atoms with Gasteiger partial charge in [0.25, 0.3) is 5.91 Å². The molecule has 3 atom stereocenters. The van der Waals surface area contributed by atoms with E-state index in [9.17, 15) is 24.3 Å². The van der Waals surface area contributed by atoms with E-state index < -0.39 is 35.9 Å². The fourth-order valence-corrected chi connectivity index (χ4v) is 4.61. The van der Waals surface area contributed by atoms with E-state index in [0.29, 0.717) is 18.7 Å². The van der Waals surface area contributed by atoms with E-state index in [1.165, 1.54) is 19.8 Å². The Hall–Kier alpha value is -3.18. The summed E-state index contributed by atoms with van der Waals surface area (Å²) in [5, 5.41) is 20.9. The summed E-state index contributed by atoms with van der Waals surface area (Å²) in [4.78, 5) is 53.8. The van der Waals surface area contributed by atoms with Crippen molar-refractivity contribution in [2.75, 3.05) is 39.3 Å². The van der Waals surface area contributed by atoms with Gasteiger partial charge in [0.05, 0.1) is 18.3 Å². The molecule has 5 N–H and O–H groups in total. The van der Waals surface area contributed by atoms with E-state index in [1.807, 2.05) is 0 Å².